The molecule has 0 spiro atoms. The van der Waals surface area contributed by atoms with Crippen LogP contribution in [-0.2, 0) is 11.1 Å². The van der Waals surface area contributed by atoms with Crippen molar-refractivity contribution in [2.45, 2.75) is 13.0 Å². The maximum atomic E-state index is 11.0. The number of benzene rings is 2. The predicted molar refractivity (Wildman–Crippen MR) is 81.0 cm³/mol. The van der Waals surface area contributed by atoms with Crippen molar-refractivity contribution in [3.8, 4) is 0 Å². The zero-order valence-corrected chi connectivity index (χ0v) is 11.8. The van der Waals surface area contributed by atoms with Crippen LogP contribution in [0.4, 0.5) is 0 Å². The molecule has 20 heavy (non-hydrogen) atoms. The van der Waals surface area contributed by atoms with Crippen molar-refractivity contribution in [1.29, 1.82) is 0 Å². The highest BCUT2D eigenvalue weighted by molar-refractivity contribution is 7.51. The van der Waals surface area contributed by atoms with E-state index in [9.17, 15) is 4.57 Å². The summed E-state index contributed by atoms with van der Waals surface area (Å²) in [5, 5.41) is 2.36. The Labute approximate surface area is 116 Å². The molecule has 0 aliphatic heterocycles. The average molecular weight is 289 g/mol. The van der Waals surface area contributed by atoms with Gasteiger partial charge in [0.05, 0.1) is 6.16 Å². The van der Waals surface area contributed by atoms with E-state index >= 15 is 0 Å². The molecule has 2 N–H and O–H groups in total. The van der Waals surface area contributed by atoms with Gasteiger partial charge in [0.25, 0.3) is 0 Å². The van der Waals surface area contributed by atoms with Gasteiger partial charge in [0.15, 0.2) is 0 Å². The third-order valence-electron chi connectivity index (χ3n) is 3.51. The van der Waals surface area contributed by atoms with Gasteiger partial charge in [-0.15, -0.1) is 0 Å². The molecule has 0 saturated heterocycles. The second-order valence-corrected chi connectivity index (χ2v) is 6.70. The van der Waals surface area contributed by atoms with Crippen LogP contribution in [0.1, 0.15) is 6.42 Å². The molecule has 0 fully saturated rings. The summed E-state index contributed by atoms with van der Waals surface area (Å²) in [6.45, 7) is 0.610. The van der Waals surface area contributed by atoms with E-state index in [2.05, 4.69) is 16.7 Å². The molecular formula is C15H16NO3P. The van der Waals surface area contributed by atoms with Crippen molar-refractivity contribution in [3.05, 3.63) is 48.5 Å². The summed E-state index contributed by atoms with van der Waals surface area (Å²) in [5.74, 6) is 0. The smallest absolute Gasteiger partial charge is 0.325 e. The third-order valence-corrected chi connectivity index (χ3v) is 4.41. The van der Waals surface area contributed by atoms with Gasteiger partial charge in [0.2, 0.25) is 0 Å². The third kappa shape index (κ3) is 2.50. The Morgan fingerprint density at radius 1 is 0.900 bits per heavy atom. The molecule has 5 heteroatoms. The van der Waals surface area contributed by atoms with E-state index in [1.165, 1.54) is 10.8 Å². The van der Waals surface area contributed by atoms with Crippen molar-refractivity contribution in [2.75, 3.05) is 6.16 Å². The fourth-order valence-corrected chi connectivity index (χ4v) is 3.23. The van der Waals surface area contributed by atoms with E-state index in [0.29, 0.717) is 13.0 Å². The Kier molecular flexibility index (Phi) is 3.38. The quantitative estimate of drug-likeness (QED) is 0.724. The Balaban J connectivity index is 2.05. The lowest BCUT2D eigenvalue weighted by Crippen LogP contribution is -2.00. The zero-order chi connectivity index (χ0) is 14.2. The molecular weight excluding hydrogens is 273 g/mol. The standard InChI is InChI=1S/C15H16NO3P/c17-20(18,19)11-5-10-16-14-8-3-1-6-12(14)13-7-2-4-9-15(13)16/h1-4,6-9H,5,10-11H2,(H2,17,18,19). The number of hydrogen-bond donors (Lipinski definition) is 2. The summed E-state index contributed by atoms with van der Waals surface area (Å²) in [7, 11) is -3.92. The first-order chi connectivity index (χ1) is 9.56. The van der Waals surface area contributed by atoms with E-state index in [4.69, 9.17) is 9.79 Å². The molecule has 0 aliphatic carbocycles. The summed E-state index contributed by atoms with van der Waals surface area (Å²) < 4.78 is 13.1. The first-order valence-corrected chi connectivity index (χ1v) is 8.36. The van der Waals surface area contributed by atoms with Crippen molar-refractivity contribution < 1.29 is 14.4 Å². The number of nitrogens with zero attached hydrogens (tertiary/aromatic N) is 1. The molecule has 0 radical (unpaired) electrons. The van der Waals surface area contributed by atoms with Crippen LogP contribution in [0.2, 0.25) is 0 Å². The molecule has 104 valence electrons. The van der Waals surface area contributed by atoms with Gasteiger partial charge in [-0.05, 0) is 18.6 Å². The van der Waals surface area contributed by atoms with Crippen molar-refractivity contribution in [1.82, 2.24) is 4.57 Å². The van der Waals surface area contributed by atoms with Gasteiger partial charge in [-0.25, -0.2) is 0 Å². The highest BCUT2D eigenvalue weighted by Crippen LogP contribution is 2.36. The highest BCUT2D eigenvalue weighted by Gasteiger charge is 2.14. The molecule has 0 unspecified atom stereocenters. The van der Waals surface area contributed by atoms with Crippen molar-refractivity contribution >= 4 is 29.4 Å². The van der Waals surface area contributed by atoms with Crippen LogP contribution in [0.25, 0.3) is 21.8 Å². The number of aromatic nitrogens is 1. The number of para-hydroxylation sites is 2. The zero-order valence-electron chi connectivity index (χ0n) is 10.9. The van der Waals surface area contributed by atoms with Gasteiger partial charge in [-0.2, -0.15) is 0 Å². The summed E-state index contributed by atoms with van der Waals surface area (Å²) in [6, 6.07) is 16.2. The Bertz CT molecular complexity index is 750. The minimum atomic E-state index is -3.92. The molecule has 0 saturated carbocycles. The fourth-order valence-electron chi connectivity index (χ4n) is 2.68. The second-order valence-electron chi connectivity index (χ2n) is 4.93. The summed E-state index contributed by atoms with van der Waals surface area (Å²) in [5.41, 5.74) is 2.22. The van der Waals surface area contributed by atoms with Crippen LogP contribution < -0.4 is 0 Å². The van der Waals surface area contributed by atoms with Crippen molar-refractivity contribution in [3.63, 3.8) is 0 Å². The highest BCUT2D eigenvalue weighted by atomic mass is 31.2. The fraction of sp³-hybridized carbons (Fsp3) is 0.200. The van der Waals surface area contributed by atoms with E-state index < -0.39 is 7.60 Å². The van der Waals surface area contributed by atoms with E-state index in [1.807, 2.05) is 36.4 Å². The van der Waals surface area contributed by atoms with Crippen molar-refractivity contribution in [2.24, 2.45) is 0 Å². The van der Waals surface area contributed by atoms with Crippen LogP contribution >= 0.6 is 7.60 Å². The molecule has 0 atom stereocenters. The molecule has 0 aliphatic rings. The summed E-state index contributed by atoms with van der Waals surface area (Å²) in [4.78, 5) is 17.9. The largest absolute Gasteiger partial charge is 0.340 e. The summed E-state index contributed by atoms with van der Waals surface area (Å²) in [6.07, 6.45) is 0.390. The lowest BCUT2D eigenvalue weighted by Gasteiger charge is -2.08. The first kappa shape index (κ1) is 13.4. The van der Waals surface area contributed by atoms with Gasteiger partial charge in [0, 0.05) is 28.4 Å². The van der Waals surface area contributed by atoms with Gasteiger partial charge < -0.3 is 14.4 Å². The molecule has 0 amide bonds. The van der Waals surface area contributed by atoms with Crippen LogP contribution in [0, 0.1) is 0 Å². The van der Waals surface area contributed by atoms with Crippen LogP contribution in [0.5, 0.6) is 0 Å². The monoisotopic (exact) mass is 289 g/mol. The van der Waals surface area contributed by atoms with E-state index in [0.717, 1.165) is 11.0 Å². The van der Waals surface area contributed by atoms with Gasteiger partial charge in [-0.1, -0.05) is 36.4 Å². The van der Waals surface area contributed by atoms with Gasteiger partial charge >= 0.3 is 7.60 Å². The maximum absolute atomic E-state index is 11.0. The van der Waals surface area contributed by atoms with E-state index in [1.54, 1.807) is 0 Å². The molecule has 3 rings (SSSR count). The average Bonchev–Trinajstić information content (AvgIpc) is 2.73. The topological polar surface area (TPSA) is 62.5 Å². The van der Waals surface area contributed by atoms with E-state index in [-0.39, 0.29) is 6.16 Å². The predicted octanol–water partition coefficient (Wildman–Crippen LogP) is 3.36. The number of fused-ring (bicyclic) bond motifs is 3. The molecule has 3 aromatic rings. The Morgan fingerprint density at radius 3 is 1.90 bits per heavy atom. The molecule has 4 nitrogen and oxygen atoms in total. The lowest BCUT2D eigenvalue weighted by atomic mass is 10.2. The van der Waals surface area contributed by atoms with Crippen LogP contribution in [0.15, 0.2) is 48.5 Å². The number of aryl methyl sites for hydroxylation is 1. The summed E-state index contributed by atoms with van der Waals surface area (Å²) >= 11 is 0. The Hall–Kier alpha value is -1.61. The molecule has 2 aromatic carbocycles. The normalized spacial score (nSPS) is 12.3. The maximum Gasteiger partial charge on any atom is 0.325 e. The minimum Gasteiger partial charge on any atom is -0.340 e. The van der Waals surface area contributed by atoms with Gasteiger partial charge in [0.1, 0.15) is 0 Å². The Morgan fingerprint density at radius 2 is 1.40 bits per heavy atom. The van der Waals surface area contributed by atoms with Crippen LogP contribution in [-0.4, -0.2) is 20.5 Å². The number of hydrogen-bond acceptors (Lipinski definition) is 1. The first-order valence-electron chi connectivity index (χ1n) is 6.57. The minimum absolute atomic E-state index is 0.0756. The number of rotatable bonds is 4. The van der Waals surface area contributed by atoms with Crippen LogP contribution in [0.3, 0.4) is 0 Å². The second kappa shape index (κ2) is 5.06. The SMILES string of the molecule is O=P(O)(O)CCCn1c2ccccc2c2ccccc21. The molecule has 0 bridgehead atoms. The lowest BCUT2D eigenvalue weighted by molar-refractivity contribution is 0.370. The molecule has 1 heterocycles. The molecule has 1 aromatic heterocycles. The van der Waals surface area contributed by atoms with Gasteiger partial charge in [-0.3, -0.25) is 4.57 Å².